The molecule has 212 valence electrons. The second-order valence-corrected chi connectivity index (χ2v) is 12.2. The molecule has 3 aromatic carbocycles. The fraction of sp³-hybridized carbons (Fsp3) is 0.0833. The first kappa shape index (κ1) is 30.6. The van der Waals surface area contributed by atoms with E-state index in [1.165, 1.54) is 7.05 Å². The van der Waals surface area contributed by atoms with Crippen molar-refractivity contribution in [3.63, 3.8) is 0 Å². The van der Waals surface area contributed by atoms with Crippen LogP contribution in [0.2, 0.25) is 35.2 Å². The van der Waals surface area contributed by atoms with Gasteiger partial charge >= 0.3 is 0 Å². The van der Waals surface area contributed by atoms with Crippen LogP contribution in [0.15, 0.2) is 9.79 Å². The highest BCUT2D eigenvalue weighted by Gasteiger charge is 2.46. The van der Waals surface area contributed by atoms with Crippen LogP contribution in [-0.2, 0) is 0 Å². The van der Waals surface area contributed by atoms with Crippen LogP contribution in [0.5, 0.6) is 0 Å². The van der Waals surface area contributed by atoms with Crippen molar-refractivity contribution in [3.05, 3.63) is 80.4 Å². The summed E-state index contributed by atoms with van der Waals surface area (Å²) in [5.74, 6) is -8.87. The monoisotopic (exact) mass is 720 g/mol. The van der Waals surface area contributed by atoms with Crippen molar-refractivity contribution < 1.29 is 32.3 Å². The van der Waals surface area contributed by atoms with E-state index < -0.39 is 83.5 Å². The molecule has 0 saturated carbocycles. The van der Waals surface area contributed by atoms with E-state index in [2.05, 4.69) is 0 Å². The average Bonchev–Trinajstić information content (AvgIpc) is 3.32. The number of nitrogens with zero attached hydrogens (tertiary/aromatic N) is 2. The number of halogens is 10. The summed E-state index contributed by atoms with van der Waals surface area (Å²) in [6.45, 7) is 0.925. The summed E-state index contributed by atoms with van der Waals surface area (Å²) in [6, 6.07) is 0. The van der Waals surface area contributed by atoms with Crippen LogP contribution in [0.1, 0.15) is 47.0 Å². The first-order valence-corrected chi connectivity index (χ1v) is 14.1. The van der Waals surface area contributed by atoms with Gasteiger partial charge in [0.1, 0.15) is 10.7 Å². The Morgan fingerprint density at radius 3 is 1.39 bits per heavy atom. The lowest BCUT2D eigenvalue weighted by Gasteiger charge is -2.18. The second-order valence-electron chi connectivity index (χ2n) is 8.49. The predicted octanol–water partition coefficient (Wildman–Crippen LogP) is 9.16. The third-order valence-corrected chi connectivity index (χ3v) is 10.8. The minimum atomic E-state index is -1.72. The molecule has 0 aliphatic carbocycles. The summed E-state index contributed by atoms with van der Waals surface area (Å²) in [6.07, 6.45) is 0. The number of amides is 4. The van der Waals surface area contributed by atoms with E-state index in [9.17, 15) is 28.0 Å². The number of fused-ring (bicyclic) bond motifs is 2. The van der Waals surface area contributed by atoms with Crippen LogP contribution in [-0.4, -0.2) is 35.6 Å². The van der Waals surface area contributed by atoms with E-state index in [4.69, 9.17) is 81.2 Å². The smallest absolute Gasteiger partial charge is 0.267 e. The molecule has 0 N–H and O–H groups in total. The maximum absolute atomic E-state index is 15.0. The number of hydrogen-bond donors (Lipinski definition) is 0. The Morgan fingerprint density at radius 1 is 0.537 bits per heavy atom. The third-order valence-electron chi connectivity index (χ3n) is 6.32. The van der Waals surface area contributed by atoms with Crippen LogP contribution in [0.4, 0.5) is 18.9 Å². The van der Waals surface area contributed by atoms with Gasteiger partial charge in [0, 0.05) is 12.6 Å². The van der Waals surface area contributed by atoms with E-state index in [-0.39, 0.29) is 40.9 Å². The molecule has 6 nitrogen and oxygen atoms in total. The Balaban J connectivity index is 1.71. The second kappa shape index (κ2) is 10.4. The minimum Gasteiger partial charge on any atom is -0.277 e. The molecule has 2 heterocycles. The molecule has 4 amide bonds. The molecule has 0 spiro atoms. The Morgan fingerprint density at radius 2 is 0.927 bits per heavy atom. The fourth-order valence-electron chi connectivity index (χ4n) is 4.24. The molecule has 0 bridgehead atoms. The molecule has 2 aliphatic heterocycles. The summed E-state index contributed by atoms with van der Waals surface area (Å²) in [5.41, 5.74) is -3.68. The molecular formula is C24H6Cl7F3N2O4S. The maximum atomic E-state index is 15.0. The first-order chi connectivity index (χ1) is 19.1. The van der Waals surface area contributed by atoms with Crippen LogP contribution >= 0.6 is 93.0 Å². The van der Waals surface area contributed by atoms with Gasteiger partial charge in [-0.15, -0.1) is 0 Å². The fourth-order valence-corrected chi connectivity index (χ4v) is 7.57. The number of anilines is 1. The van der Waals surface area contributed by atoms with E-state index >= 15 is 4.39 Å². The molecule has 0 aromatic heterocycles. The van der Waals surface area contributed by atoms with Gasteiger partial charge in [0.2, 0.25) is 0 Å². The number of carbonyl (C=O) groups excluding carboxylic acids is 4. The summed E-state index contributed by atoms with van der Waals surface area (Å²) >= 11 is 44.7. The van der Waals surface area contributed by atoms with Crippen molar-refractivity contribution in [1.82, 2.24) is 4.90 Å². The van der Waals surface area contributed by atoms with E-state index in [0.29, 0.717) is 11.8 Å². The third kappa shape index (κ3) is 4.10. The Hall–Kier alpha value is -1.89. The van der Waals surface area contributed by atoms with E-state index in [1.54, 1.807) is 0 Å². The predicted molar refractivity (Wildman–Crippen MR) is 151 cm³/mol. The molecule has 17 heteroatoms. The molecule has 0 fully saturated rings. The Kier molecular flexibility index (Phi) is 7.74. The number of hydrogen-bond acceptors (Lipinski definition) is 5. The molecule has 3 aromatic rings. The Bertz CT molecular complexity index is 1820. The van der Waals surface area contributed by atoms with Crippen molar-refractivity contribution in [2.45, 2.75) is 16.7 Å². The van der Waals surface area contributed by atoms with Gasteiger partial charge in [-0.05, 0) is 6.92 Å². The highest BCUT2D eigenvalue weighted by atomic mass is 35.5. The molecule has 5 rings (SSSR count). The average molecular weight is 724 g/mol. The molecule has 41 heavy (non-hydrogen) atoms. The van der Waals surface area contributed by atoms with Crippen molar-refractivity contribution in [2.24, 2.45) is 0 Å². The maximum Gasteiger partial charge on any atom is 0.267 e. The molecule has 0 saturated heterocycles. The van der Waals surface area contributed by atoms with Gasteiger partial charge in [0.05, 0.1) is 62.2 Å². The lowest BCUT2D eigenvalue weighted by Crippen LogP contribution is -2.32. The zero-order valence-electron chi connectivity index (χ0n) is 19.7. The number of carbonyl (C=O) groups is 4. The van der Waals surface area contributed by atoms with E-state index in [0.717, 1.165) is 11.8 Å². The molecule has 2 aliphatic rings. The zero-order valence-corrected chi connectivity index (χ0v) is 25.8. The topological polar surface area (TPSA) is 74.8 Å². The van der Waals surface area contributed by atoms with Crippen LogP contribution in [0.25, 0.3) is 0 Å². The van der Waals surface area contributed by atoms with Crippen molar-refractivity contribution in [1.29, 1.82) is 0 Å². The normalized spacial score (nSPS) is 14.5. The standard InChI is InChI=1S/C24H6Cl7F3N2O4S/c1-3-15(32)14(31)17(34)18(16(3)33)36-23(39)5-7(24(36)40)11(28)20(13(30)9(5)26)41-19-10(27)6-4(8(25)12(19)29)21(37)35(2)22(6)38/h1-2H3. The van der Waals surface area contributed by atoms with Gasteiger partial charge in [0.25, 0.3) is 23.6 Å². The lowest BCUT2D eigenvalue weighted by atomic mass is 10.1. The number of benzene rings is 3. The van der Waals surface area contributed by atoms with Gasteiger partial charge in [0.15, 0.2) is 17.5 Å². The number of imide groups is 2. The van der Waals surface area contributed by atoms with Gasteiger partial charge in [-0.3, -0.25) is 24.1 Å². The number of rotatable bonds is 3. The Labute approximate surface area is 267 Å². The summed E-state index contributed by atoms with van der Waals surface area (Å²) in [5, 5.41) is -3.47. The van der Waals surface area contributed by atoms with Gasteiger partial charge in [-0.1, -0.05) is 93.0 Å². The SMILES string of the molecule is Cc1c(F)c(Cl)c(F)c(N2C(=O)c3c(Cl)c(Cl)c(Sc4c(Cl)c(Cl)c5c(c4Cl)C(=O)N(C)C5=O)c(Cl)c3C2=O)c1F. The largest absolute Gasteiger partial charge is 0.277 e. The van der Waals surface area contributed by atoms with Crippen molar-refractivity contribution in [2.75, 3.05) is 11.9 Å². The summed E-state index contributed by atoms with van der Waals surface area (Å²) in [7, 11) is 1.21. The first-order valence-electron chi connectivity index (χ1n) is 10.7. The van der Waals surface area contributed by atoms with Crippen LogP contribution < -0.4 is 4.90 Å². The summed E-state index contributed by atoms with van der Waals surface area (Å²) < 4.78 is 44.1. The lowest BCUT2D eigenvalue weighted by molar-refractivity contribution is 0.0692. The summed E-state index contributed by atoms with van der Waals surface area (Å²) in [4.78, 5) is 52.4. The van der Waals surface area contributed by atoms with Gasteiger partial charge < -0.3 is 0 Å². The van der Waals surface area contributed by atoms with Crippen LogP contribution in [0.3, 0.4) is 0 Å². The highest BCUT2D eigenvalue weighted by molar-refractivity contribution is 7.99. The molecule has 0 atom stereocenters. The molecule has 0 unspecified atom stereocenters. The van der Waals surface area contributed by atoms with Gasteiger partial charge in [-0.25, -0.2) is 18.1 Å². The van der Waals surface area contributed by atoms with Crippen LogP contribution in [0, 0.1) is 24.4 Å². The molecular weight excluding hydrogens is 718 g/mol. The van der Waals surface area contributed by atoms with Crippen molar-refractivity contribution in [3.8, 4) is 0 Å². The minimum absolute atomic E-state index is 0.0719. The molecule has 0 radical (unpaired) electrons. The van der Waals surface area contributed by atoms with Crippen molar-refractivity contribution >= 4 is 122 Å². The van der Waals surface area contributed by atoms with E-state index in [1.807, 2.05) is 0 Å². The zero-order chi connectivity index (χ0) is 30.6. The van der Waals surface area contributed by atoms with Gasteiger partial charge in [-0.2, -0.15) is 0 Å². The quantitative estimate of drug-likeness (QED) is 0.153. The highest BCUT2D eigenvalue weighted by Crippen LogP contribution is 2.54.